The quantitative estimate of drug-likeness (QED) is 0.596. The van der Waals surface area contributed by atoms with Gasteiger partial charge in [0, 0.05) is 32.6 Å². The molecule has 0 fully saturated rings. The lowest BCUT2D eigenvalue weighted by atomic mass is 10.2. The van der Waals surface area contributed by atoms with Gasteiger partial charge in [0.05, 0.1) is 17.3 Å². The van der Waals surface area contributed by atoms with Gasteiger partial charge < -0.3 is 10.2 Å². The van der Waals surface area contributed by atoms with Crippen LogP contribution in [-0.2, 0) is 14.8 Å². The van der Waals surface area contributed by atoms with Crippen molar-refractivity contribution in [2.24, 2.45) is 0 Å². The Kier molecular flexibility index (Phi) is 8.02. The molecule has 2 amide bonds. The molecular formula is C21H24ClN3O4S. The molecule has 0 aromatic heterocycles. The number of anilines is 1. The smallest absolute Gasteiger partial charge is 0.266 e. The summed E-state index contributed by atoms with van der Waals surface area (Å²) >= 11 is 6.18. The van der Waals surface area contributed by atoms with Crippen LogP contribution in [-0.4, -0.2) is 52.3 Å². The average molecular weight is 450 g/mol. The van der Waals surface area contributed by atoms with E-state index in [1.807, 2.05) is 0 Å². The predicted octanol–water partition coefficient (Wildman–Crippen LogP) is 2.93. The summed E-state index contributed by atoms with van der Waals surface area (Å²) in [5.41, 5.74) is 0.576. The van der Waals surface area contributed by atoms with Gasteiger partial charge in [-0.25, -0.2) is 8.42 Å². The van der Waals surface area contributed by atoms with Gasteiger partial charge in [-0.15, -0.1) is 6.58 Å². The Balaban J connectivity index is 2.31. The lowest BCUT2D eigenvalue weighted by Gasteiger charge is -2.24. The van der Waals surface area contributed by atoms with E-state index >= 15 is 0 Å². The standard InChI is InChI=1S/C21H24ClN3O4S/c1-4-14-25(17-8-6-5-7-9-17)30(28,29)19-15-16(10-11-18(19)22)21(27)23-13-12-20(26)24(2)3/h4-11,15H,1,12-14H2,2-3H3,(H,23,27). The summed E-state index contributed by atoms with van der Waals surface area (Å²) in [5.74, 6) is -0.623. The summed E-state index contributed by atoms with van der Waals surface area (Å²) < 4.78 is 27.8. The summed E-state index contributed by atoms with van der Waals surface area (Å²) in [4.78, 5) is 25.3. The molecule has 0 atom stereocenters. The summed E-state index contributed by atoms with van der Waals surface area (Å²) in [6.07, 6.45) is 1.61. The van der Waals surface area contributed by atoms with E-state index in [4.69, 9.17) is 11.6 Å². The minimum atomic E-state index is -4.06. The van der Waals surface area contributed by atoms with Crippen molar-refractivity contribution in [3.05, 3.63) is 71.8 Å². The maximum atomic E-state index is 13.3. The van der Waals surface area contributed by atoms with Gasteiger partial charge in [-0.05, 0) is 30.3 Å². The Hall–Kier alpha value is -2.84. The summed E-state index contributed by atoms with van der Waals surface area (Å²) in [6.45, 7) is 3.79. The van der Waals surface area contributed by atoms with Crippen LogP contribution in [0.3, 0.4) is 0 Å². The second-order valence-electron chi connectivity index (χ2n) is 6.60. The van der Waals surface area contributed by atoms with E-state index < -0.39 is 15.9 Å². The third kappa shape index (κ3) is 5.61. The zero-order chi connectivity index (χ0) is 22.3. The van der Waals surface area contributed by atoms with Crippen molar-refractivity contribution in [2.45, 2.75) is 11.3 Å². The van der Waals surface area contributed by atoms with E-state index in [1.165, 1.54) is 33.5 Å². The Morgan fingerprint density at radius 1 is 1.13 bits per heavy atom. The number of para-hydroxylation sites is 1. The monoisotopic (exact) mass is 449 g/mol. The number of carbonyl (C=O) groups is 2. The zero-order valence-electron chi connectivity index (χ0n) is 16.8. The first-order valence-corrected chi connectivity index (χ1v) is 11.0. The molecule has 9 heteroatoms. The van der Waals surface area contributed by atoms with Gasteiger partial charge in [0.15, 0.2) is 0 Å². The van der Waals surface area contributed by atoms with Crippen LogP contribution in [0.5, 0.6) is 0 Å². The molecule has 0 heterocycles. The van der Waals surface area contributed by atoms with Gasteiger partial charge in [0.25, 0.3) is 15.9 Å². The van der Waals surface area contributed by atoms with E-state index in [0.717, 1.165) is 0 Å². The number of carbonyl (C=O) groups excluding carboxylic acids is 2. The number of benzene rings is 2. The fraction of sp³-hybridized carbons (Fsp3) is 0.238. The van der Waals surface area contributed by atoms with Crippen LogP contribution in [0.15, 0.2) is 66.1 Å². The van der Waals surface area contributed by atoms with Crippen LogP contribution in [0.25, 0.3) is 0 Å². The number of halogens is 1. The van der Waals surface area contributed by atoms with Crippen LogP contribution in [0.1, 0.15) is 16.8 Å². The molecule has 2 aromatic carbocycles. The minimum absolute atomic E-state index is 0.000621. The lowest BCUT2D eigenvalue weighted by molar-refractivity contribution is -0.128. The van der Waals surface area contributed by atoms with Crippen LogP contribution in [0, 0.1) is 0 Å². The maximum Gasteiger partial charge on any atom is 0.266 e. The zero-order valence-corrected chi connectivity index (χ0v) is 18.4. The Morgan fingerprint density at radius 2 is 1.80 bits per heavy atom. The molecule has 0 aliphatic heterocycles. The Labute approximate surface area is 182 Å². The van der Waals surface area contributed by atoms with E-state index in [-0.39, 0.29) is 40.9 Å². The molecule has 0 bridgehead atoms. The van der Waals surface area contributed by atoms with Crippen molar-refractivity contribution < 1.29 is 18.0 Å². The van der Waals surface area contributed by atoms with Gasteiger partial charge in [-0.1, -0.05) is 35.9 Å². The summed E-state index contributed by atoms with van der Waals surface area (Å²) in [7, 11) is -0.804. The molecule has 0 saturated carbocycles. The fourth-order valence-electron chi connectivity index (χ4n) is 2.62. The highest BCUT2D eigenvalue weighted by molar-refractivity contribution is 7.93. The second-order valence-corrected chi connectivity index (χ2v) is 8.84. The van der Waals surface area contributed by atoms with Crippen molar-refractivity contribution in [1.82, 2.24) is 10.2 Å². The Morgan fingerprint density at radius 3 is 2.40 bits per heavy atom. The molecule has 2 aromatic rings. The maximum absolute atomic E-state index is 13.3. The van der Waals surface area contributed by atoms with Crippen LogP contribution >= 0.6 is 11.6 Å². The molecule has 0 aliphatic rings. The third-order valence-corrected chi connectivity index (χ3v) is 6.50. The average Bonchev–Trinajstić information content (AvgIpc) is 2.72. The van der Waals surface area contributed by atoms with Gasteiger partial charge in [-0.2, -0.15) is 0 Å². The van der Waals surface area contributed by atoms with E-state index in [0.29, 0.717) is 5.69 Å². The van der Waals surface area contributed by atoms with Gasteiger partial charge >= 0.3 is 0 Å². The van der Waals surface area contributed by atoms with Crippen molar-refractivity contribution in [3.63, 3.8) is 0 Å². The minimum Gasteiger partial charge on any atom is -0.352 e. The highest BCUT2D eigenvalue weighted by Gasteiger charge is 2.27. The molecule has 0 saturated heterocycles. The highest BCUT2D eigenvalue weighted by Crippen LogP contribution is 2.29. The van der Waals surface area contributed by atoms with Crippen LogP contribution < -0.4 is 9.62 Å². The summed E-state index contributed by atoms with van der Waals surface area (Å²) in [6, 6.07) is 12.6. The first-order chi connectivity index (χ1) is 14.2. The number of nitrogens with zero attached hydrogens (tertiary/aromatic N) is 2. The number of hydrogen-bond donors (Lipinski definition) is 1. The molecule has 2 rings (SSSR count). The number of nitrogens with one attached hydrogen (secondary N) is 1. The predicted molar refractivity (Wildman–Crippen MR) is 118 cm³/mol. The number of sulfonamides is 1. The number of hydrogen-bond acceptors (Lipinski definition) is 4. The molecule has 1 N–H and O–H groups in total. The second kappa shape index (κ2) is 10.3. The fourth-order valence-corrected chi connectivity index (χ4v) is 4.56. The number of amides is 2. The van der Waals surface area contributed by atoms with E-state index in [9.17, 15) is 18.0 Å². The first-order valence-electron chi connectivity index (χ1n) is 9.15. The van der Waals surface area contributed by atoms with Gasteiger partial charge in [0.2, 0.25) is 5.91 Å². The topological polar surface area (TPSA) is 86.8 Å². The van der Waals surface area contributed by atoms with Crippen molar-refractivity contribution in [1.29, 1.82) is 0 Å². The third-order valence-electron chi connectivity index (χ3n) is 4.22. The molecule has 0 unspecified atom stereocenters. The van der Waals surface area contributed by atoms with Gasteiger partial charge in [-0.3, -0.25) is 13.9 Å². The summed E-state index contributed by atoms with van der Waals surface area (Å²) in [5, 5.41) is 2.61. The van der Waals surface area contributed by atoms with Crippen molar-refractivity contribution in [3.8, 4) is 0 Å². The molecule has 30 heavy (non-hydrogen) atoms. The SMILES string of the molecule is C=CCN(c1ccccc1)S(=O)(=O)c1cc(C(=O)NCCC(=O)N(C)C)ccc1Cl. The van der Waals surface area contributed by atoms with Crippen LogP contribution in [0.4, 0.5) is 5.69 Å². The highest BCUT2D eigenvalue weighted by atomic mass is 35.5. The molecule has 0 spiro atoms. The van der Waals surface area contributed by atoms with E-state index in [1.54, 1.807) is 44.4 Å². The van der Waals surface area contributed by atoms with E-state index in [2.05, 4.69) is 11.9 Å². The number of rotatable bonds is 9. The normalized spacial score (nSPS) is 10.9. The van der Waals surface area contributed by atoms with Crippen molar-refractivity contribution in [2.75, 3.05) is 31.5 Å². The van der Waals surface area contributed by atoms with Crippen molar-refractivity contribution >= 4 is 39.1 Å². The Bertz CT molecular complexity index is 1020. The molecule has 0 aliphatic carbocycles. The first kappa shape index (κ1) is 23.4. The van der Waals surface area contributed by atoms with Crippen LogP contribution in [0.2, 0.25) is 5.02 Å². The molecule has 160 valence electrons. The molecule has 7 nitrogen and oxygen atoms in total. The molecular weight excluding hydrogens is 426 g/mol. The largest absolute Gasteiger partial charge is 0.352 e. The van der Waals surface area contributed by atoms with Gasteiger partial charge in [0.1, 0.15) is 4.90 Å². The molecule has 0 radical (unpaired) electrons. The lowest BCUT2D eigenvalue weighted by Crippen LogP contribution is -2.32.